The van der Waals surface area contributed by atoms with Gasteiger partial charge in [-0.25, -0.2) is 0 Å². The van der Waals surface area contributed by atoms with E-state index in [9.17, 15) is 60.1 Å². The first-order valence-corrected chi connectivity index (χ1v) is 25.0. The molecule has 0 unspecified atom stereocenters. The number of carboxylic acids is 2. The van der Waals surface area contributed by atoms with E-state index in [2.05, 4.69) is 0 Å². The molecule has 2 aliphatic heterocycles. The molecule has 1 saturated heterocycles. The first-order chi connectivity index (χ1) is 27.1. The van der Waals surface area contributed by atoms with Crippen LogP contribution in [0.25, 0.3) is 10.5 Å². The maximum atomic E-state index is 14.5. The summed E-state index contributed by atoms with van der Waals surface area (Å²) in [7, 11) is -9.24. The molecule has 0 atom stereocenters. The first-order valence-electron chi connectivity index (χ1n) is 16.6. The molecule has 1 fully saturated rings. The Morgan fingerprint density at radius 3 is 2.12 bits per heavy atom. The van der Waals surface area contributed by atoms with Gasteiger partial charge in [0.1, 0.15) is 6.54 Å². The van der Waals surface area contributed by atoms with E-state index in [1.54, 1.807) is 36.4 Å². The second-order valence-corrected chi connectivity index (χ2v) is 22.4. The van der Waals surface area contributed by atoms with E-state index >= 15 is 0 Å². The van der Waals surface area contributed by atoms with Gasteiger partial charge in [0, 0.05) is 0 Å². The Morgan fingerprint density at radius 1 is 0.845 bits per heavy atom. The molecule has 1 amide bonds. The van der Waals surface area contributed by atoms with E-state index in [1.807, 2.05) is 30.9 Å². The van der Waals surface area contributed by atoms with Crippen LogP contribution >= 0.6 is 46.7 Å². The minimum atomic E-state index is -4.96. The van der Waals surface area contributed by atoms with Gasteiger partial charge in [-0.15, -0.1) is 0 Å². The summed E-state index contributed by atoms with van der Waals surface area (Å²) in [5.41, 5.74) is 1.68. The van der Waals surface area contributed by atoms with Crippen LogP contribution in [-0.4, -0.2) is 112 Å². The number of thiazole rings is 2. The average Bonchev–Trinajstić information content (AvgIpc) is 3.80. The number of aromatic nitrogens is 2. The Hall–Kier alpha value is -3.96. The van der Waals surface area contributed by atoms with Gasteiger partial charge in [0.05, 0.1) is 0 Å². The molecule has 6 rings (SSSR count). The van der Waals surface area contributed by atoms with Crippen LogP contribution in [0.2, 0.25) is 0 Å². The van der Waals surface area contributed by atoms with Crippen molar-refractivity contribution in [2.24, 2.45) is 0 Å². The zero-order chi connectivity index (χ0) is 42.4. The average molecular weight is 1020 g/mol. The van der Waals surface area contributed by atoms with Crippen LogP contribution in [0.1, 0.15) is 23.1 Å². The standard InChI is InChI=1S/C34H30N4O13S6Te/c1-17-11-21-22(12-18(17)2)58-23(35(21)9-6-10-56(46,47)48)13-20(19-7-4-3-5-8-19)26-29(43)38(16-57(49,50)51)33(53-26)27-30(44)36(14-24(39)40)32(54-27)28-31(45)37(15-25(41)42)34(52)55-28/h3-5,7-8,11-13H,6,9-10,14-16H2,1-2H3,(H,39,40)(H,41,42)(H,46,47,48)(H,49,50,51)/b23-13-,26-20-,32-28+,33-27+. The summed E-state index contributed by atoms with van der Waals surface area (Å²) in [5, 5.41) is 19.1. The Balaban J connectivity index is 1.72. The molecule has 0 bridgehead atoms. The number of anilines is 1. The van der Waals surface area contributed by atoms with Crippen molar-refractivity contribution >= 4 is 130 Å². The summed E-state index contributed by atoms with van der Waals surface area (Å²) in [6, 6.07) is 12.6. The monoisotopic (exact) mass is 1020 g/mol. The number of rotatable bonds is 12. The van der Waals surface area contributed by atoms with Gasteiger partial charge in [-0.3, -0.25) is 4.79 Å². The van der Waals surface area contributed by atoms with Crippen LogP contribution in [0.5, 0.6) is 0 Å². The number of thiocarbonyl (C=S) groups is 1. The summed E-state index contributed by atoms with van der Waals surface area (Å²) >= 11 is 5.89. The molecule has 4 N–H and O–H groups in total. The Kier molecular flexibility index (Phi) is 12.8. The van der Waals surface area contributed by atoms with E-state index in [0.29, 0.717) is 50.1 Å². The van der Waals surface area contributed by atoms with E-state index in [0.717, 1.165) is 33.6 Å². The van der Waals surface area contributed by atoms with Crippen LogP contribution < -0.4 is 28.8 Å². The first kappa shape index (κ1) is 43.6. The van der Waals surface area contributed by atoms with Gasteiger partial charge in [0.2, 0.25) is 0 Å². The number of carbonyl (C=O) groups is 3. The van der Waals surface area contributed by atoms with Crippen molar-refractivity contribution in [1.82, 2.24) is 14.0 Å². The van der Waals surface area contributed by atoms with Crippen LogP contribution in [0.15, 0.2) is 61.9 Å². The van der Waals surface area contributed by atoms with Crippen molar-refractivity contribution in [3.8, 4) is 0 Å². The molecule has 2 aromatic carbocycles. The third kappa shape index (κ3) is 9.41. The van der Waals surface area contributed by atoms with Crippen LogP contribution in [0, 0.1) is 23.0 Å². The van der Waals surface area contributed by atoms with Crippen molar-refractivity contribution in [3.63, 3.8) is 0 Å². The molecule has 0 spiro atoms. The summed E-state index contributed by atoms with van der Waals surface area (Å²) < 4.78 is 69.7. The number of benzene rings is 2. The third-order valence-electron chi connectivity index (χ3n) is 8.61. The van der Waals surface area contributed by atoms with Crippen molar-refractivity contribution < 1.29 is 50.5 Å². The number of hydrogen-bond donors (Lipinski definition) is 4. The third-order valence-corrected chi connectivity index (χ3v) is 17.2. The number of hydrogen-bond acceptors (Lipinski definition) is 14. The minimum absolute atomic E-state index is 0.0579. The molecule has 2 aromatic heterocycles. The fourth-order valence-corrected chi connectivity index (χ4v) is 14.4. The number of carboxylic acid groups (broad SMARTS) is 2. The van der Waals surface area contributed by atoms with Crippen LogP contribution in [-0.2, 0) is 47.0 Å². The van der Waals surface area contributed by atoms with Crippen LogP contribution in [0.4, 0.5) is 5.69 Å². The maximum absolute atomic E-state index is 14.5. The molecule has 306 valence electrons. The summed E-state index contributed by atoms with van der Waals surface area (Å²) in [6.45, 7) is 2.29. The molecular formula is C34H30N4O13S6Te. The molecule has 4 heterocycles. The number of aliphatic carboxylic acids is 2. The van der Waals surface area contributed by atoms with E-state index in [4.69, 9.17) is 12.2 Å². The van der Waals surface area contributed by atoms with E-state index in [-0.39, 0.29) is 40.6 Å². The fraction of sp³-hybridized carbons (Fsp3) is 0.235. The summed E-state index contributed by atoms with van der Waals surface area (Å²) in [5.74, 6) is -5.59. The molecule has 58 heavy (non-hydrogen) atoms. The number of amides is 1. The number of fused-ring (bicyclic) bond motifs is 1. The molecule has 2 aliphatic rings. The number of carbonyl (C=O) groups excluding carboxylic acids is 1. The predicted octanol–water partition coefficient (Wildman–Crippen LogP) is 0.188. The van der Waals surface area contributed by atoms with Crippen molar-refractivity contribution in [3.05, 3.63) is 108 Å². The Bertz CT molecular complexity index is 3050. The van der Waals surface area contributed by atoms with Gasteiger partial charge >= 0.3 is 330 Å². The Labute approximate surface area is 356 Å². The van der Waals surface area contributed by atoms with E-state index < -0.39 is 94.8 Å². The topological polar surface area (TPSA) is 251 Å². The van der Waals surface area contributed by atoms with Gasteiger partial charge in [-0.1, -0.05) is 12.2 Å². The second-order valence-electron chi connectivity index (χ2n) is 12.7. The van der Waals surface area contributed by atoms with E-state index in [1.165, 1.54) is 0 Å². The zero-order valence-electron chi connectivity index (χ0n) is 30.0. The van der Waals surface area contributed by atoms with Crippen LogP contribution in [0.3, 0.4) is 0 Å². The van der Waals surface area contributed by atoms with Gasteiger partial charge < -0.3 is 5.11 Å². The molecule has 0 saturated carbocycles. The molecular weight excluding hydrogens is 992 g/mol. The number of nitrogens with zero attached hydrogens (tertiary/aromatic N) is 4. The van der Waals surface area contributed by atoms with Gasteiger partial charge in [0.15, 0.2) is 0 Å². The van der Waals surface area contributed by atoms with Gasteiger partial charge in [-0.2, -0.15) is 0 Å². The Morgan fingerprint density at radius 2 is 1.50 bits per heavy atom. The number of thioether (sulfide) groups is 1. The zero-order valence-corrected chi connectivity index (χ0v) is 37.2. The quantitative estimate of drug-likeness (QED) is 0.0840. The molecule has 24 heteroatoms. The molecule has 0 radical (unpaired) electrons. The van der Waals surface area contributed by atoms with Gasteiger partial charge in [-0.05, 0) is 0 Å². The number of allylic oxidation sites excluding steroid dienone is 1. The predicted molar refractivity (Wildman–Crippen MR) is 223 cm³/mol. The molecule has 0 aliphatic carbocycles. The van der Waals surface area contributed by atoms with Crippen molar-refractivity contribution in [2.45, 2.75) is 32.7 Å². The van der Waals surface area contributed by atoms with Crippen molar-refractivity contribution in [2.75, 3.05) is 23.7 Å². The molecule has 4 aromatic rings. The summed E-state index contributed by atoms with van der Waals surface area (Å²) in [6.07, 6.45) is 1.80. The molecule has 17 nitrogen and oxygen atoms in total. The summed E-state index contributed by atoms with van der Waals surface area (Å²) in [4.78, 5) is 67.8. The number of aryl methyl sites for hydroxylation is 2. The normalized spacial score (nSPS) is 17.3. The SMILES string of the molecule is Cc1cc2c(cc1C)N(CCCS(=O)(=O)O)/C(=C/C(c1ccccc1)=c1/s/c(=c3/s/c(=C4/SC(=S)N(CC(=O)O)C4=O)n(CC(=O)O)c3=O)n(CS(=O)(=O)O)c1=O)[Te]2. The fourth-order valence-electron chi connectivity index (χ4n) is 5.94. The van der Waals surface area contributed by atoms with Gasteiger partial charge in [0.25, 0.3) is 0 Å². The second kappa shape index (κ2) is 17.0. The van der Waals surface area contributed by atoms with Crippen molar-refractivity contribution in [1.29, 1.82) is 0 Å².